The molecule has 1 saturated carbocycles. The second-order valence-corrected chi connectivity index (χ2v) is 12.3. The monoisotopic (exact) mass is 614 g/mol. The number of nitrogens with one attached hydrogen (secondary N) is 1. The number of fused-ring (bicyclic) bond motifs is 1. The molecule has 6 rings (SSSR count). The van der Waals surface area contributed by atoms with Crippen LogP contribution < -0.4 is 10.2 Å². The highest BCUT2D eigenvalue weighted by atomic mass is 19.4. The summed E-state index contributed by atoms with van der Waals surface area (Å²) in [5.74, 6) is -0.960. The highest BCUT2D eigenvalue weighted by Crippen LogP contribution is 2.42. The number of benzene rings is 1. The van der Waals surface area contributed by atoms with Gasteiger partial charge in [0.1, 0.15) is 5.60 Å². The maximum atomic E-state index is 13.1. The Bertz CT molecular complexity index is 1410. The van der Waals surface area contributed by atoms with Crippen LogP contribution in [0, 0.1) is 0 Å². The van der Waals surface area contributed by atoms with E-state index >= 15 is 0 Å². The zero-order valence-corrected chi connectivity index (χ0v) is 24.6. The molecule has 0 spiro atoms. The molecule has 0 bridgehead atoms. The molecule has 4 aliphatic rings. The number of halogens is 3. The minimum absolute atomic E-state index is 0.0234. The third-order valence-electron chi connectivity index (χ3n) is 9.80. The number of hydrogen-bond acceptors (Lipinski definition) is 6. The fraction of sp³-hybridized carbons (Fsp3) is 0.548. The van der Waals surface area contributed by atoms with Crippen LogP contribution in [0.5, 0.6) is 0 Å². The number of aliphatic hydroxyl groups is 1. The molecule has 10 nitrogen and oxygen atoms in total. The first-order valence-corrected chi connectivity index (χ1v) is 15.2. The number of carbonyl (C=O) groups is 3. The summed E-state index contributed by atoms with van der Waals surface area (Å²) in [4.78, 5) is 50.0. The quantitative estimate of drug-likeness (QED) is 0.518. The molecule has 4 amide bonds. The number of hydrogen-bond donors (Lipinski definition) is 2. The van der Waals surface area contributed by atoms with Crippen LogP contribution in [0.15, 0.2) is 42.6 Å². The third-order valence-corrected chi connectivity index (χ3v) is 9.80. The Kier molecular flexibility index (Phi) is 8.03. The van der Waals surface area contributed by atoms with E-state index in [9.17, 15) is 32.7 Å². The average molecular weight is 615 g/mol. The van der Waals surface area contributed by atoms with E-state index in [0.29, 0.717) is 38.2 Å². The van der Waals surface area contributed by atoms with Crippen LogP contribution in [0.2, 0.25) is 0 Å². The normalized spacial score (nSPS) is 27.6. The summed E-state index contributed by atoms with van der Waals surface area (Å²) >= 11 is 0. The van der Waals surface area contributed by atoms with Crippen LogP contribution in [0.4, 0.5) is 23.7 Å². The lowest BCUT2D eigenvalue weighted by Crippen LogP contribution is -2.47. The van der Waals surface area contributed by atoms with Crippen LogP contribution in [-0.4, -0.2) is 101 Å². The van der Waals surface area contributed by atoms with E-state index in [1.54, 1.807) is 27.9 Å². The lowest BCUT2D eigenvalue weighted by molar-refractivity contribution is -0.137. The third kappa shape index (κ3) is 5.74. The first-order chi connectivity index (χ1) is 20.9. The lowest BCUT2D eigenvalue weighted by atomic mass is 9.79. The Labute approximate surface area is 253 Å². The summed E-state index contributed by atoms with van der Waals surface area (Å²) in [5, 5.41) is 14.0. The second kappa shape index (κ2) is 11.7. The molecule has 4 heterocycles. The van der Waals surface area contributed by atoms with Gasteiger partial charge in [0, 0.05) is 56.9 Å². The molecule has 4 fully saturated rings. The molecule has 1 aliphatic carbocycles. The van der Waals surface area contributed by atoms with E-state index < -0.39 is 23.2 Å². The molecule has 13 heteroatoms. The standard InChI is InChI=1S/C31H37F3N6O4/c1-37-15-16-39(29(37)43)23-5-6-26(35-18-23)30(44)11-7-22(8-12-30)38-13-9-25-24(38)10-14-40(25)27(41)19-36-28(42)20-3-2-4-21(17-20)31(32,33)34/h2-6,17-18,22,24-25,44H,7-16,19H2,1H3,(H,36,42)/t22?,24-,25-,30?/m0/s1. The predicted molar refractivity (Wildman–Crippen MR) is 155 cm³/mol. The summed E-state index contributed by atoms with van der Waals surface area (Å²) < 4.78 is 39.0. The molecule has 2 N–H and O–H groups in total. The number of amides is 4. The molecular formula is C31H37F3N6O4. The van der Waals surface area contributed by atoms with Gasteiger partial charge in [-0.05, 0) is 68.9 Å². The van der Waals surface area contributed by atoms with Crippen LogP contribution in [0.1, 0.15) is 60.1 Å². The number of likely N-dealkylation sites (N-methyl/N-ethyl adjacent to an activating group) is 1. The zero-order valence-electron chi connectivity index (χ0n) is 24.6. The molecule has 3 aliphatic heterocycles. The van der Waals surface area contributed by atoms with Crippen molar-refractivity contribution in [2.45, 2.75) is 68.4 Å². The first-order valence-electron chi connectivity index (χ1n) is 15.2. The number of carbonyl (C=O) groups excluding carboxylic acids is 3. The van der Waals surface area contributed by atoms with Gasteiger partial charge in [0.15, 0.2) is 0 Å². The number of alkyl halides is 3. The van der Waals surface area contributed by atoms with Gasteiger partial charge >= 0.3 is 12.2 Å². The van der Waals surface area contributed by atoms with Crippen LogP contribution >= 0.6 is 0 Å². The second-order valence-electron chi connectivity index (χ2n) is 12.3. The molecule has 2 aromatic rings. The number of aromatic nitrogens is 1. The van der Waals surface area contributed by atoms with Gasteiger partial charge in [-0.2, -0.15) is 13.2 Å². The smallest absolute Gasteiger partial charge is 0.384 e. The van der Waals surface area contributed by atoms with Gasteiger partial charge in [-0.1, -0.05) is 6.07 Å². The highest BCUT2D eigenvalue weighted by Gasteiger charge is 2.48. The van der Waals surface area contributed by atoms with Gasteiger partial charge in [-0.3, -0.25) is 24.4 Å². The molecule has 0 unspecified atom stereocenters. The number of nitrogens with zero attached hydrogens (tertiary/aromatic N) is 5. The van der Waals surface area contributed by atoms with Gasteiger partial charge in [-0.25, -0.2) is 4.79 Å². The summed E-state index contributed by atoms with van der Waals surface area (Å²) in [6.07, 6.45) is 1.43. The SMILES string of the molecule is CN1CCN(c2ccc(C3(O)CCC(N4CC[C@H]5[C@@H]4CCN5C(=O)CNC(=O)c4cccc(C(F)(F)F)c4)CC3)nc2)C1=O. The Morgan fingerprint density at radius 1 is 1.02 bits per heavy atom. The molecule has 1 aromatic heterocycles. The number of rotatable bonds is 6. The number of pyridine rings is 1. The molecule has 236 valence electrons. The molecule has 0 radical (unpaired) electrons. The molecular weight excluding hydrogens is 577 g/mol. The van der Waals surface area contributed by atoms with Crippen molar-refractivity contribution >= 4 is 23.5 Å². The predicted octanol–water partition coefficient (Wildman–Crippen LogP) is 3.21. The van der Waals surface area contributed by atoms with E-state index in [4.69, 9.17) is 0 Å². The van der Waals surface area contributed by atoms with Crippen molar-refractivity contribution in [3.63, 3.8) is 0 Å². The Hall–Kier alpha value is -3.71. The number of anilines is 1. The van der Waals surface area contributed by atoms with E-state index in [0.717, 1.165) is 50.0 Å². The maximum Gasteiger partial charge on any atom is 0.416 e. The van der Waals surface area contributed by atoms with Gasteiger partial charge in [-0.15, -0.1) is 0 Å². The van der Waals surface area contributed by atoms with Gasteiger partial charge < -0.3 is 20.2 Å². The topological polar surface area (TPSA) is 109 Å². The van der Waals surface area contributed by atoms with E-state index in [1.165, 1.54) is 12.1 Å². The fourth-order valence-electron chi connectivity index (χ4n) is 7.35. The highest BCUT2D eigenvalue weighted by molar-refractivity contribution is 5.96. The van der Waals surface area contributed by atoms with Crippen molar-refractivity contribution in [2.75, 3.05) is 44.7 Å². The summed E-state index contributed by atoms with van der Waals surface area (Å²) in [7, 11) is 1.77. The molecule has 3 saturated heterocycles. The van der Waals surface area contributed by atoms with Gasteiger partial charge in [0.05, 0.1) is 29.7 Å². The van der Waals surface area contributed by atoms with E-state index in [1.807, 2.05) is 12.1 Å². The van der Waals surface area contributed by atoms with Crippen LogP contribution in [0.3, 0.4) is 0 Å². The van der Waals surface area contributed by atoms with E-state index in [-0.39, 0.29) is 42.2 Å². The number of urea groups is 1. The van der Waals surface area contributed by atoms with Crippen molar-refractivity contribution < 1.29 is 32.7 Å². The zero-order chi connectivity index (χ0) is 31.2. The van der Waals surface area contributed by atoms with E-state index in [2.05, 4.69) is 15.2 Å². The summed E-state index contributed by atoms with van der Waals surface area (Å²) in [6.45, 7) is 2.40. The summed E-state index contributed by atoms with van der Waals surface area (Å²) in [6, 6.07) is 8.26. The molecule has 1 aromatic carbocycles. The lowest BCUT2D eigenvalue weighted by Gasteiger charge is -2.41. The Morgan fingerprint density at radius 3 is 2.43 bits per heavy atom. The molecule has 44 heavy (non-hydrogen) atoms. The Morgan fingerprint density at radius 2 is 1.77 bits per heavy atom. The maximum absolute atomic E-state index is 13.1. The van der Waals surface area contributed by atoms with Crippen molar-refractivity contribution in [2.24, 2.45) is 0 Å². The Balaban J connectivity index is 1.01. The van der Waals surface area contributed by atoms with Crippen molar-refractivity contribution in [3.8, 4) is 0 Å². The van der Waals surface area contributed by atoms with Gasteiger partial charge in [0.25, 0.3) is 5.91 Å². The summed E-state index contributed by atoms with van der Waals surface area (Å²) in [5.41, 5.74) is -0.751. The van der Waals surface area contributed by atoms with Gasteiger partial charge in [0.2, 0.25) is 5.91 Å². The van der Waals surface area contributed by atoms with Crippen LogP contribution in [0.25, 0.3) is 0 Å². The van der Waals surface area contributed by atoms with Crippen molar-refractivity contribution in [1.82, 2.24) is 25.0 Å². The largest absolute Gasteiger partial charge is 0.416 e. The minimum atomic E-state index is -4.56. The van der Waals surface area contributed by atoms with Crippen molar-refractivity contribution in [1.29, 1.82) is 0 Å². The number of likely N-dealkylation sites (tertiary alicyclic amines) is 2. The minimum Gasteiger partial charge on any atom is -0.384 e. The fourth-order valence-corrected chi connectivity index (χ4v) is 7.35. The van der Waals surface area contributed by atoms with Crippen molar-refractivity contribution in [3.05, 3.63) is 59.4 Å². The first kappa shape index (κ1) is 30.3. The van der Waals surface area contributed by atoms with Crippen LogP contribution in [-0.2, 0) is 16.6 Å². The molecule has 2 atom stereocenters. The average Bonchev–Trinajstić information content (AvgIpc) is 3.72.